The fourth-order valence-corrected chi connectivity index (χ4v) is 4.45. The minimum Gasteiger partial charge on any atom is -0.507 e. The smallest absolute Gasteiger partial charge is 0.350 e. The standard InChI is InChI=1S/C22H18N2O7S/c1-11-19(21(28)30-3)32-22(23-11)24-16(14-8-5-9-31-14)15(18(26)20(24)27)17(25)12-6-4-7-13(10-12)29-2/h4-10,16,25H,1-3H3/b17-15+/t16-/m1/s1. The number of hydrogen-bond donors (Lipinski definition) is 1. The van der Waals surface area contributed by atoms with Gasteiger partial charge in [0.2, 0.25) is 0 Å². The van der Waals surface area contributed by atoms with Crippen LogP contribution in [0.2, 0.25) is 0 Å². The predicted molar refractivity (Wildman–Crippen MR) is 115 cm³/mol. The molecule has 0 spiro atoms. The van der Waals surface area contributed by atoms with Crippen molar-refractivity contribution < 1.29 is 33.4 Å². The third-order valence-electron chi connectivity index (χ3n) is 4.96. The van der Waals surface area contributed by atoms with Crippen LogP contribution in [-0.4, -0.2) is 42.0 Å². The number of esters is 1. The largest absolute Gasteiger partial charge is 0.507 e. The van der Waals surface area contributed by atoms with Crippen molar-refractivity contribution in [2.75, 3.05) is 19.1 Å². The number of furan rings is 1. The fourth-order valence-electron chi connectivity index (χ4n) is 3.44. The van der Waals surface area contributed by atoms with Crippen LogP contribution in [0.1, 0.15) is 32.7 Å². The third-order valence-corrected chi connectivity index (χ3v) is 6.10. The number of aliphatic hydroxyl groups excluding tert-OH is 1. The first-order valence-corrected chi connectivity index (χ1v) is 10.2. The summed E-state index contributed by atoms with van der Waals surface area (Å²) in [6.07, 6.45) is 1.40. The van der Waals surface area contributed by atoms with Crippen molar-refractivity contribution in [3.05, 3.63) is 70.1 Å². The Morgan fingerprint density at radius 3 is 2.66 bits per heavy atom. The summed E-state index contributed by atoms with van der Waals surface area (Å²) in [5.41, 5.74) is 0.486. The zero-order valence-electron chi connectivity index (χ0n) is 17.3. The minimum atomic E-state index is -1.08. The molecule has 0 bridgehead atoms. The number of aryl methyl sites for hydroxylation is 1. The van der Waals surface area contributed by atoms with Crippen LogP contribution in [0.25, 0.3) is 5.76 Å². The Morgan fingerprint density at radius 2 is 2.00 bits per heavy atom. The lowest BCUT2D eigenvalue weighted by Crippen LogP contribution is -2.29. The van der Waals surface area contributed by atoms with Gasteiger partial charge in [-0.05, 0) is 31.2 Å². The van der Waals surface area contributed by atoms with Crippen LogP contribution in [0.4, 0.5) is 5.13 Å². The number of benzene rings is 1. The number of methoxy groups -OCH3 is 2. The van der Waals surface area contributed by atoms with E-state index in [2.05, 4.69) is 4.98 Å². The number of aromatic nitrogens is 1. The van der Waals surface area contributed by atoms with E-state index in [0.29, 0.717) is 17.0 Å². The van der Waals surface area contributed by atoms with Crippen molar-refractivity contribution in [1.82, 2.24) is 4.98 Å². The van der Waals surface area contributed by atoms with Gasteiger partial charge in [0.15, 0.2) is 5.13 Å². The highest BCUT2D eigenvalue weighted by Crippen LogP contribution is 2.44. The zero-order valence-corrected chi connectivity index (χ0v) is 18.1. The van der Waals surface area contributed by atoms with Crippen LogP contribution in [-0.2, 0) is 14.3 Å². The average Bonchev–Trinajstić information content (AvgIpc) is 3.52. The summed E-state index contributed by atoms with van der Waals surface area (Å²) >= 11 is 0.913. The third kappa shape index (κ3) is 3.44. The number of ether oxygens (including phenoxy) is 2. The maximum atomic E-state index is 13.1. The number of nitrogens with zero attached hydrogens (tertiary/aromatic N) is 2. The van der Waals surface area contributed by atoms with Crippen molar-refractivity contribution in [3.63, 3.8) is 0 Å². The summed E-state index contributed by atoms with van der Waals surface area (Å²) in [6.45, 7) is 1.60. The van der Waals surface area contributed by atoms with E-state index in [9.17, 15) is 19.5 Å². The first kappa shape index (κ1) is 21.3. The van der Waals surface area contributed by atoms with Gasteiger partial charge >= 0.3 is 11.9 Å². The van der Waals surface area contributed by atoms with Crippen LogP contribution >= 0.6 is 11.3 Å². The maximum Gasteiger partial charge on any atom is 0.350 e. The first-order chi connectivity index (χ1) is 15.4. The molecule has 1 saturated heterocycles. The quantitative estimate of drug-likeness (QED) is 0.269. The molecule has 1 aliphatic heterocycles. The predicted octanol–water partition coefficient (Wildman–Crippen LogP) is 3.47. The number of ketones is 1. The number of thiazole rings is 1. The van der Waals surface area contributed by atoms with Crippen molar-refractivity contribution >= 4 is 39.9 Å². The van der Waals surface area contributed by atoms with Gasteiger partial charge in [-0.25, -0.2) is 9.78 Å². The number of carbonyl (C=O) groups excluding carboxylic acids is 3. The molecule has 1 N–H and O–H groups in total. The monoisotopic (exact) mass is 454 g/mol. The van der Waals surface area contributed by atoms with Crippen molar-refractivity contribution in [2.45, 2.75) is 13.0 Å². The Kier molecular flexibility index (Phi) is 5.54. The highest BCUT2D eigenvalue weighted by molar-refractivity contribution is 7.17. The van der Waals surface area contributed by atoms with Crippen LogP contribution in [0.3, 0.4) is 0 Å². The van der Waals surface area contributed by atoms with E-state index < -0.39 is 23.7 Å². The van der Waals surface area contributed by atoms with E-state index in [-0.39, 0.29) is 27.1 Å². The van der Waals surface area contributed by atoms with E-state index in [4.69, 9.17) is 13.9 Å². The Balaban J connectivity index is 1.90. The Hall–Kier alpha value is -3.92. The summed E-state index contributed by atoms with van der Waals surface area (Å²) in [5, 5.41) is 11.1. The Labute approximate surface area is 186 Å². The molecule has 0 radical (unpaired) electrons. The SMILES string of the molecule is COC(=O)c1sc(N2C(=O)C(=O)/C(=C(/O)c3cccc(OC)c3)[C@H]2c2ccco2)nc1C. The van der Waals surface area contributed by atoms with E-state index in [0.717, 1.165) is 16.2 Å². The number of Topliss-reactive ketones (excluding diaryl/α,β-unsaturated/α-hetero) is 1. The molecule has 1 fully saturated rings. The van der Waals surface area contributed by atoms with E-state index in [1.807, 2.05) is 0 Å². The van der Waals surface area contributed by atoms with Crippen LogP contribution in [0.5, 0.6) is 5.75 Å². The second kappa shape index (κ2) is 8.31. The number of hydrogen-bond acceptors (Lipinski definition) is 9. The summed E-state index contributed by atoms with van der Waals surface area (Å²) in [7, 11) is 2.72. The normalized spacial score (nSPS) is 17.6. The highest BCUT2D eigenvalue weighted by Gasteiger charge is 2.49. The molecule has 32 heavy (non-hydrogen) atoms. The zero-order chi connectivity index (χ0) is 23.0. The molecule has 0 aliphatic carbocycles. The molecule has 0 saturated carbocycles. The van der Waals surface area contributed by atoms with Gasteiger partial charge in [-0.2, -0.15) is 0 Å². The lowest BCUT2D eigenvalue weighted by molar-refractivity contribution is -0.132. The van der Waals surface area contributed by atoms with Gasteiger partial charge in [-0.1, -0.05) is 23.5 Å². The Bertz CT molecular complexity index is 1240. The van der Waals surface area contributed by atoms with Crippen molar-refractivity contribution in [3.8, 4) is 5.75 Å². The van der Waals surface area contributed by atoms with Gasteiger partial charge in [0, 0.05) is 5.56 Å². The van der Waals surface area contributed by atoms with E-state index >= 15 is 0 Å². The highest BCUT2D eigenvalue weighted by atomic mass is 32.1. The molecule has 3 heterocycles. The van der Waals surface area contributed by atoms with Gasteiger partial charge in [-0.3, -0.25) is 14.5 Å². The molecule has 2 aromatic heterocycles. The second-order valence-corrected chi connectivity index (χ2v) is 7.80. The summed E-state index contributed by atoms with van der Waals surface area (Å²) in [5.74, 6) is -2.07. The topological polar surface area (TPSA) is 119 Å². The number of aliphatic hydroxyl groups is 1. The van der Waals surface area contributed by atoms with Gasteiger partial charge in [0.25, 0.3) is 5.78 Å². The van der Waals surface area contributed by atoms with Crippen LogP contribution in [0, 0.1) is 6.92 Å². The first-order valence-electron chi connectivity index (χ1n) is 9.42. The molecule has 4 rings (SSSR count). The summed E-state index contributed by atoms with van der Waals surface area (Å²) in [6, 6.07) is 8.59. The molecule has 1 aromatic carbocycles. The summed E-state index contributed by atoms with van der Waals surface area (Å²) < 4.78 is 15.4. The van der Waals surface area contributed by atoms with Crippen LogP contribution < -0.4 is 9.64 Å². The van der Waals surface area contributed by atoms with Crippen molar-refractivity contribution in [1.29, 1.82) is 0 Å². The molecule has 10 heteroatoms. The molecule has 1 amide bonds. The molecule has 0 unspecified atom stereocenters. The fraction of sp³-hybridized carbons (Fsp3) is 0.182. The molecule has 1 atom stereocenters. The molecule has 1 aliphatic rings. The molecule has 164 valence electrons. The Morgan fingerprint density at radius 1 is 1.22 bits per heavy atom. The second-order valence-electron chi connectivity index (χ2n) is 6.82. The van der Waals surface area contributed by atoms with Gasteiger partial charge in [-0.15, -0.1) is 0 Å². The van der Waals surface area contributed by atoms with Crippen LogP contribution in [0.15, 0.2) is 52.7 Å². The number of rotatable bonds is 5. The molecule has 3 aromatic rings. The minimum absolute atomic E-state index is 0.107. The molecular weight excluding hydrogens is 436 g/mol. The van der Waals surface area contributed by atoms with Gasteiger partial charge in [0.05, 0.1) is 31.7 Å². The van der Waals surface area contributed by atoms with Gasteiger partial charge < -0.3 is 19.0 Å². The summed E-state index contributed by atoms with van der Waals surface area (Å²) in [4.78, 5) is 43.8. The lowest BCUT2D eigenvalue weighted by Gasteiger charge is -2.20. The number of carbonyl (C=O) groups is 3. The molecule has 9 nitrogen and oxygen atoms in total. The number of anilines is 1. The maximum absolute atomic E-state index is 13.1. The van der Waals surface area contributed by atoms with E-state index in [1.165, 1.54) is 20.5 Å². The van der Waals surface area contributed by atoms with Crippen molar-refractivity contribution in [2.24, 2.45) is 0 Å². The van der Waals surface area contributed by atoms with E-state index in [1.54, 1.807) is 43.3 Å². The van der Waals surface area contributed by atoms with Gasteiger partial charge in [0.1, 0.15) is 28.2 Å². The average molecular weight is 454 g/mol. The number of amides is 1. The lowest BCUT2D eigenvalue weighted by atomic mass is 9.99. The molecular formula is C22H18N2O7S.